The minimum absolute atomic E-state index is 0.265. The number of benzene rings is 1. The van der Waals surface area contributed by atoms with Gasteiger partial charge in [-0.05, 0) is 61.6 Å². The molecule has 0 aliphatic heterocycles. The Bertz CT molecular complexity index is 895. The van der Waals surface area contributed by atoms with E-state index in [0.717, 1.165) is 29.7 Å². The van der Waals surface area contributed by atoms with E-state index >= 15 is 0 Å². The third-order valence-corrected chi connectivity index (χ3v) is 4.20. The summed E-state index contributed by atoms with van der Waals surface area (Å²) >= 11 is 0. The van der Waals surface area contributed by atoms with Crippen molar-refractivity contribution in [1.29, 1.82) is 15.8 Å². The van der Waals surface area contributed by atoms with Crippen LogP contribution in [0.1, 0.15) is 48.4 Å². The van der Waals surface area contributed by atoms with E-state index in [1.807, 2.05) is 49.4 Å². The summed E-state index contributed by atoms with van der Waals surface area (Å²) in [5.41, 5.74) is 3.08. The van der Waals surface area contributed by atoms with Crippen LogP contribution in [0.3, 0.4) is 0 Å². The maximum Gasteiger partial charge on any atom is 0.176 e. The Hall–Kier alpha value is -3.36. The summed E-state index contributed by atoms with van der Waals surface area (Å²) in [6, 6.07) is 15.5. The molecule has 0 unspecified atom stereocenters. The molecular formula is C20H16N4O. The van der Waals surface area contributed by atoms with Crippen molar-refractivity contribution in [2.24, 2.45) is 0 Å². The molecule has 0 amide bonds. The Morgan fingerprint density at radius 2 is 1.84 bits per heavy atom. The Morgan fingerprint density at radius 1 is 1.16 bits per heavy atom. The van der Waals surface area contributed by atoms with Crippen molar-refractivity contribution < 1.29 is 4.74 Å². The lowest BCUT2D eigenvalue weighted by molar-refractivity contribution is 0.340. The molecule has 5 heteroatoms. The summed E-state index contributed by atoms with van der Waals surface area (Å²) in [6.07, 6.45) is 2.04. The number of nitriles is 3. The predicted octanol–water partition coefficient (Wildman–Crippen LogP) is 4.03. The highest BCUT2D eigenvalue weighted by atomic mass is 16.5. The van der Waals surface area contributed by atoms with Crippen LogP contribution in [0.4, 0.5) is 0 Å². The second-order valence-electron chi connectivity index (χ2n) is 5.89. The summed E-state index contributed by atoms with van der Waals surface area (Å²) in [6.45, 7) is 2.52. The first-order valence-corrected chi connectivity index (χ1v) is 8.19. The zero-order chi connectivity index (χ0) is 17.8. The number of rotatable bonds is 5. The minimum Gasteiger partial charge on any atom is -0.494 e. The Kier molecular flexibility index (Phi) is 4.64. The number of ether oxygens (including phenoxy) is 1. The smallest absolute Gasteiger partial charge is 0.176 e. The fourth-order valence-electron chi connectivity index (χ4n) is 2.82. The second-order valence-corrected chi connectivity index (χ2v) is 5.89. The fourth-order valence-corrected chi connectivity index (χ4v) is 2.82. The van der Waals surface area contributed by atoms with Gasteiger partial charge in [0.05, 0.1) is 35.7 Å². The highest BCUT2D eigenvalue weighted by Crippen LogP contribution is 2.44. The normalized spacial score (nSPS) is 12.9. The lowest BCUT2D eigenvalue weighted by Gasteiger charge is -2.12. The van der Waals surface area contributed by atoms with Crippen LogP contribution in [0.2, 0.25) is 0 Å². The second kappa shape index (κ2) is 7.04. The molecule has 1 fully saturated rings. The largest absolute Gasteiger partial charge is 0.494 e. The molecular weight excluding hydrogens is 312 g/mol. The molecule has 1 aliphatic carbocycles. The van der Waals surface area contributed by atoms with Crippen molar-refractivity contribution in [1.82, 2.24) is 4.98 Å². The van der Waals surface area contributed by atoms with Gasteiger partial charge in [0.25, 0.3) is 0 Å². The lowest BCUT2D eigenvalue weighted by atomic mass is 9.94. The summed E-state index contributed by atoms with van der Waals surface area (Å²) in [5, 5.41) is 28.1. The predicted molar refractivity (Wildman–Crippen MR) is 91.5 cm³/mol. The first-order valence-electron chi connectivity index (χ1n) is 8.19. The highest BCUT2D eigenvalue weighted by molar-refractivity contribution is 5.65. The van der Waals surface area contributed by atoms with Crippen LogP contribution >= 0.6 is 0 Å². The molecule has 0 saturated heterocycles. The molecule has 1 aliphatic rings. The Morgan fingerprint density at radius 3 is 2.36 bits per heavy atom. The Labute approximate surface area is 146 Å². The van der Waals surface area contributed by atoms with Gasteiger partial charge in [0.1, 0.15) is 11.8 Å². The topological polar surface area (TPSA) is 93.5 Å². The van der Waals surface area contributed by atoms with Crippen molar-refractivity contribution >= 4 is 0 Å². The third kappa shape index (κ3) is 3.30. The van der Waals surface area contributed by atoms with Crippen LogP contribution in [0.5, 0.6) is 5.75 Å². The van der Waals surface area contributed by atoms with Crippen molar-refractivity contribution in [3.8, 4) is 35.2 Å². The third-order valence-electron chi connectivity index (χ3n) is 4.20. The van der Waals surface area contributed by atoms with E-state index in [4.69, 9.17) is 4.74 Å². The van der Waals surface area contributed by atoms with Crippen molar-refractivity contribution in [3.05, 3.63) is 47.2 Å². The van der Waals surface area contributed by atoms with E-state index in [1.165, 1.54) is 0 Å². The molecule has 0 spiro atoms. The van der Waals surface area contributed by atoms with E-state index in [0.29, 0.717) is 23.8 Å². The zero-order valence-electron chi connectivity index (χ0n) is 13.9. The highest BCUT2D eigenvalue weighted by Gasteiger charge is 2.30. The number of nitrogens with zero attached hydrogens (tertiary/aromatic N) is 4. The molecule has 0 N–H and O–H groups in total. The van der Waals surface area contributed by atoms with E-state index < -0.39 is 5.92 Å². The van der Waals surface area contributed by atoms with Gasteiger partial charge in [-0.1, -0.05) is 0 Å². The lowest BCUT2D eigenvalue weighted by Crippen LogP contribution is -2.05. The molecule has 1 saturated carbocycles. The van der Waals surface area contributed by atoms with Gasteiger partial charge in [-0.25, -0.2) is 4.98 Å². The van der Waals surface area contributed by atoms with Crippen LogP contribution in [-0.4, -0.2) is 11.6 Å². The molecule has 1 aromatic carbocycles. The van der Waals surface area contributed by atoms with Crippen molar-refractivity contribution in [3.63, 3.8) is 0 Å². The molecule has 1 heterocycles. The summed E-state index contributed by atoms with van der Waals surface area (Å²) in [5.74, 6) is 0.0418. The molecule has 0 bridgehead atoms. The number of hydrogen-bond acceptors (Lipinski definition) is 5. The van der Waals surface area contributed by atoms with Crippen LogP contribution in [-0.2, 0) is 0 Å². The first kappa shape index (κ1) is 16.5. The molecule has 0 atom stereocenters. The van der Waals surface area contributed by atoms with Crippen LogP contribution in [0.25, 0.3) is 11.3 Å². The number of hydrogen-bond donors (Lipinski definition) is 0. The quantitative estimate of drug-likeness (QED) is 0.826. The van der Waals surface area contributed by atoms with Crippen molar-refractivity contribution in [2.45, 2.75) is 31.6 Å². The molecule has 122 valence electrons. The SMILES string of the molecule is CCOc1ccc(-c2cc(C3CC3)c(C#N)c(C(C#N)C#N)n2)cc1. The minimum atomic E-state index is -1.05. The number of pyridine rings is 1. The van der Waals surface area contributed by atoms with E-state index in [1.54, 1.807) is 0 Å². The van der Waals surface area contributed by atoms with Crippen molar-refractivity contribution in [2.75, 3.05) is 6.61 Å². The molecule has 1 aromatic heterocycles. The molecule has 0 radical (unpaired) electrons. The summed E-state index contributed by atoms with van der Waals surface area (Å²) in [4.78, 5) is 4.49. The van der Waals surface area contributed by atoms with E-state index in [-0.39, 0.29) is 5.69 Å². The van der Waals surface area contributed by atoms with Crippen LogP contribution in [0.15, 0.2) is 30.3 Å². The van der Waals surface area contributed by atoms with Gasteiger partial charge in [0, 0.05) is 5.56 Å². The maximum atomic E-state index is 9.55. The maximum absolute atomic E-state index is 9.55. The molecule has 5 nitrogen and oxygen atoms in total. The van der Waals surface area contributed by atoms with Gasteiger partial charge < -0.3 is 4.74 Å². The van der Waals surface area contributed by atoms with E-state index in [2.05, 4.69) is 11.1 Å². The molecule has 3 rings (SSSR count). The van der Waals surface area contributed by atoms with Gasteiger partial charge in [-0.2, -0.15) is 15.8 Å². The Balaban J connectivity index is 2.13. The summed E-state index contributed by atoms with van der Waals surface area (Å²) < 4.78 is 5.45. The van der Waals surface area contributed by atoms with Crippen LogP contribution in [0, 0.1) is 34.0 Å². The van der Waals surface area contributed by atoms with Gasteiger partial charge in [-0.3, -0.25) is 0 Å². The number of aromatic nitrogens is 1. The monoisotopic (exact) mass is 328 g/mol. The molecule has 25 heavy (non-hydrogen) atoms. The van der Waals surface area contributed by atoms with Gasteiger partial charge in [0.15, 0.2) is 5.92 Å². The fraction of sp³-hybridized carbons (Fsp3) is 0.300. The van der Waals surface area contributed by atoms with Crippen LogP contribution < -0.4 is 4.74 Å². The average molecular weight is 328 g/mol. The summed E-state index contributed by atoms with van der Waals surface area (Å²) in [7, 11) is 0. The molecule has 2 aromatic rings. The van der Waals surface area contributed by atoms with E-state index in [9.17, 15) is 15.8 Å². The first-order chi connectivity index (χ1) is 12.2. The standard InChI is InChI=1S/C20H16N4O/c1-2-25-16-7-5-14(6-8-16)19-9-17(13-3-4-13)18(12-23)20(24-19)15(10-21)11-22/h5-9,13,15H,2-4H2,1H3. The van der Waals surface area contributed by atoms with Gasteiger partial charge in [-0.15, -0.1) is 0 Å². The average Bonchev–Trinajstić information content (AvgIpc) is 3.48. The van der Waals surface area contributed by atoms with Gasteiger partial charge in [0.2, 0.25) is 0 Å². The zero-order valence-corrected chi connectivity index (χ0v) is 13.9. The van der Waals surface area contributed by atoms with Gasteiger partial charge >= 0.3 is 0 Å².